The molecule has 4 rings (SSSR count). The molecule has 0 spiro atoms. The van der Waals surface area contributed by atoms with Crippen molar-refractivity contribution in [3.63, 3.8) is 0 Å². The molecule has 6 heteroatoms. The second-order valence-corrected chi connectivity index (χ2v) is 7.18. The van der Waals surface area contributed by atoms with Gasteiger partial charge in [-0.25, -0.2) is 14.2 Å². The zero-order valence-electron chi connectivity index (χ0n) is 17.5. The van der Waals surface area contributed by atoms with Crippen LogP contribution in [-0.4, -0.2) is 12.1 Å². The lowest BCUT2D eigenvalue weighted by atomic mass is 10.0. The molecule has 4 nitrogen and oxygen atoms in total. The number of hydrogen-bond donors (Lipinski definition) is 1. The summed E-state index contributed by atoms with van der Waals surface area (Å²) in [6.07, 6.45) is 0.939. The van der Waals surface area contributed by atoms with E-state index in [1.54, 1.807) is 24.3 Å². The normalized spacial score (nSPS) is 10.8. The Labute approximate surface area is 190 Å². The Bertz CT molecular complexity index is 1250. The molecule has 0 aliphatic heterocycles. The average molecular weight is 442 g/mol. The molecule has 0 fully saturated rings. The first kappa shape index (κ1) is 21.9. The van der Waals surface area contributed by atoms with Crippen molar-refractivity contribution in [1.82, 2.24) is 5.43 Å². The zero-order valence-corrected chi connectivity index (χ0v) is 17.5. The number of benzene rings is 4. The SMILES string of the molecule is O=C(N/N=C/c1c(F)cccc1F)c1ccc(COc2ccccc2-c2ccccc2)cc1. The first-order valence-electron chi connectivity index (χ1n) is 10.3. The van der Waals surface area contributed by atoms with Gasteiger partial charge < -0.3 is 4.74 Å². The summed E-state index contributed by atoms with van der Waals surface area (Å²) in [6.45, 7) is 0.330. The van der Waals surface area contributed by atoms with E-state index in [-0.39, 0.29) is 5.56 Å². The number of halogens is 2. The quantitative estimate of drug-likeness (QED) is 0.283. The van der Waals surface area contributed by atoms with Gasteiger partial charge in [0.25, 0.3) is 5.91 Å². The Morgan fingerprint density at radius 3 is 2.21 bits per heavy atom. The minimum Gasteiger partial charge on any atom is -0.488 e. The van der Waals surface area contributed by atoms with Gasteiger partial charge in [-0.2, -0.15) is 5.10 Å². The van der Waals surface area contributed by atoms with Gasteiger partial charge in [0, 0.05) is 11.1 Å². The Kier molecular flexibility index (Phi) is 6.85. The Morgan fingerprint density at radius 2 is 1.48 bits per heavy atom. The number of para-hydroxylation sites is 1. The zero-order chi connectivity index (χ0) is 23.0. The molecule has 4 aromatic carbocycles. The van der Waals surface area contributed by atoms with E-state index in [9.17, 15) is 13.6 Å². The highest BCUT2D eigenvalue weighted by Crippen LogP contribution is 2.30. The van der Waals surface area contributed by atoms with Crippen molar-refractivity contribution >= 4 is 12.1 Å². The molecule has 0 aliphatic rings. The second-order valence-electron chi connectivity index (χ2n) is 7.18. The van der Waals surface area contributed by atoms with Gasteiger partial charge in [0.1, 0.15) is 24.0 Å². The predicted octanol–water partition coefficient (Wildman–Crippen LogP) is 5.97. The highest BCUT2D eigenvalue weighted by molar-refractivity contribution is 5.94. The van der Waals surface area contributed by atoms with Crippen LogP contribution in [0.4, 0.5) is 8.78 Å². The number of ether oxygens (including phenoxy) is 1. The minimum atomic E-state index is -0.758. The fraction of sp³-hybridized carbons (Fsp3) is 0.0370. The summed E-state index contributed by atoms with van der Waals surface area (Å²) in [5, 5.41) is 3.65. The van der Waals surface area contributed by atoms with E-state index in [1.165, 1.54) is 6.07 Å². The van der Waals surface area contributed by atoms with Gasteiger partial charge >= 0.3 is 0 Å². The van der Waals surface area contributed by atoms with Crippen molar-refractivity contribution in [3.05, 3.63) is 125 Å². The maximum atomic E-state index is 13.6. The lowest BCUT2D eigenvalue weighted by Gasteiger charge is -2.12. The molecule has 0 radical (unpaired) electrons. The summed E-state index contributed by atoms with van der Waals surface area (Å²) in [4.78, 5) is 12.3. The van der Waals surface area contributed by atoms with Crippen LogP contribution in [0.1, 0.15) is 21.5 Å². The smallest absolute Gasteiger partial charge is 0.271 e. The lowest BCUT2D eigenvalue weighted by Crippen LogP contribution is -2.17. The monoisotopic (exact) mass is 442 g/mol. The highest BCUT2D eigenvalue weighted by Gasteiger charge is 2.08. The summed E-state index contributed by atoms with van der Waals surface area (Å²) >= 11 is 0. The molecule has 0 heterocycles. The molecule has 0 bridgehead atoms. The maximum absolute atomic E-state index is 13.6. The molecule has 164 valence electrons. The van der Waals surface area contributed by atoms with Crippen molar-refractivity contribution in [2.75, 3.05) is 0 Å². The molecule has 0 unspecified atom stereocenters. The summed E-state index contributed by atoms with van der Waals surface area (Å²) in [5.41, 5.74) is 5.25. The number of amides is 1. The number of nitrogens with one attached hydrogen (secondary N) is 1. The number of carbonyl (C=O) groups is 1. The van der Waals surface area contributed by atoms with Crippen LogP contribution in [0.25, 0.3) is 11.1 Å². The first-order chi connectivity index (χ1) is 16.1. The van der Waals surface area contributed by atoms with E-state index < -0.39 is 17.5 Å². The van der Waals surface area contributed by atoms with Gasteiger partial charge in [0.15, 0.2) is 0 Å². The summed E-state index contributed by atoms with van der Waals surface area (Å²) < 4.78 is 33.2. The van der Waals surface area contributed by atoms with Crippen LogP contribution in [0, 0.1) is 11.6 Å². The van der Waals surface area contributed by atoms with Gasteiger partial charge in [0.2, 0.25) is 0 Å². The van der Waals surface area contributed by atoms with E-state index in [2.05, 4.69) is 10.5 Å². The first-order valence-corrected chi connectivity index (χ1v) is 10.3. The topological polar surface area (TPSA) is 50.7 Å². The van der Waals surface area contributed by atoms with Crippen LogP contribution in [-0.2, 0) is 6.61 Å². The molecule has 0 aromatic heterocycles. The number of hydrazone groups is 1. The van der Waals surface area contributed by atoms with E-state index in [0.29, 0.717) is 12.2 Å². The second kappa shape index (κ2) is 10.3. The molecule has 0 saturated heterocycles. The lowest BCUT2D eigenvalue weighted by molar-refractivity contribution is 0.0955. The number of carbonyl (C=O) groups excluding carboxylic acids is 1. The van der Waals surface area contributed by atoms with Crippen molar-refractivity contribution in [2.45, 2.75) is 6.61 Å². The molecule has 0 atom stereocenters. The molecule has 1 amide bonds. The van der Waals surface area contributed by atoms with Gasteiger partial charge in [-0.05, 0) is 41.5 Å². The largest absolute Gasteiger partial charge is 0.488 e. The van der Waals surface area contributed by atoms with Gasteiger partial charge in [-0.1, -0.05) is 66.7 Å². The molecular formula is C27H20F2N2O2. The van der Waals surface area contributed by atoms with Gasteiger partial charge in [0.05, 0.1) is 11.8 Å². The van der Waals surface area contributed by atoms with Crippen molar-refractivity contribution in [3.8, 4) is 16.9 Å². The molecule has 1 N–H and O–H groups in total. The third-order valence-electron chi connectivity index (χ3n) is 4.94. The summed E-state index contributed by atoms with van der Waals surface area (Å²) in [5.74, 6) is -1.25. The van der Waals surface area contributed by atoms with Crippen LogP contribution in [0.15, 0.2) is 102 Å². The van der Waals surface area contributed by atoms with Gasteiger partial charge in [-0.3, -0.25) is 4.79 Å². The third-order valence-corrected chi connectivity index (χ3v) is 4.94. The molecule has 4 aromatic rings. The van der Waals surface area contributed by atoms with Crippen LogP contribution in [0.2, 0.25) is 0 Å². The van der Waals surface area contributed by atoms with Crippen LogP contribution < -0.4 is 10.2 Å². The average Bonchev–Trinajstić information content (AvgIpc) is 2.85. The van der Waals surface area contributed by atoms with E-state index in [0.717, 1.165) is 40.8 Å². The van der Waals surface area contributed by atoms with Crippen LogP contribution in [0.5, 0.6) is 5.75 Å². The summed E-state index contributed by atoms with van der Waals surface area (Å²) in [6, 6.07) is 28.1. The van der Waals surface area contributed by atoms with Crippen molar-refractivity contribution < 1.29 is 18.3 Å². The van der Waals surface area contributed by atoms with E-state index in [1.807, 2.05) is 54.6 Å². The third kappa shape index (κ3) is 5.49. The highest BCUT2D eigenvalue weighted by atomic mass is 19.1. The van der Waals surface area contributed by atoms with E-state index >= 15 is 0 Å². The number of nitrogens with zero attached hydrogens (tertiary/aromatic N) is 1. The Hall–Kier alpha value is -4.32. The fourth-order valence-electron chi connectivity index (χ4n) is 3.22. The summed E-state index contributed by atoms with van der Waals surface area (Å²) in [7, 11) is 0. The van der Waals surface area contributed by atoms with Gasteiger partial charge in [-0.15, -0.1) is 0 Å². The standard InChI is InChI=1S/C27H20F2N2O2/c28-24-10-6-11-25(29)23(24)17-30-31-27(32)21-15-13-19(14-16-21)18-33-26-12-5-4-9-22(26)20-7-2-1-3-8-20/h1-17H,18H2,(H,31,32)/b30-17+. The maximum Gasteiger partial charge on any atom is 0.271 e. The van der Waals surface area contributed by atoms with E-state index in [4.69, 9.17) is 4.74 Å². The molecule has 33 heavy (non-hydrogen) atoms. The Balaban J connectivity index is 1.37. The fourth-order valence-corrected chi connectivity index (χ4v) is 3.22. The Morgan fingerprint density at radius 1 is 0.818 bits per heavy atom. The molecule has 0 aliphatic carbocycles. The molecule has 0 saturated carbocycles. The van der Waals surface area contributed by atoms with Crippen molar-refractivity contribution in [2.24, 2.45) is 5.10 Å². The predicted molar refractivity (Wildman–Crippen MR) is 124 cm³/mol. The number of hydrogen-bond acceptors (Lipinski definition) is 3. The molecular weight excluding hydrogens is 422 g/mol. The minimum absolute atomic E-state index is 0.318. The van der Waals surface area contributed by atoms with Crippen molar-refractivity contribution in [1.29, 1.82) is 0 Å². The van der Waals surface area contributed by atoms with Crippen LogP contribution >= 0.6 is 0 Å². The van der Waals surface area contributed by atoms with Crippen LogP contribution in [0.3, 0.4) is 0 Å². The number of rotatable bonds is 7.